The largest absolute Gasteiger partial charge is 0.497 e. The van der Waals surface area contributed by atoms with E-state index in [1.165, 1.54) is 48.2 Å². The summed E-state index contributed by atoms with van der Waals surface area (Å²) >= 11 is 0. The molecule has 168 valence electrons. The number of carbonyl (C=O) groups excluding carboxylic acids is 1. The molecule has 0 aliphatic carbocycles. The second-order valence-electron chi connectivity index (χ2n) is 7.37. The monoisotopic (exact) mass is 463 g/mol. The molecular weight excluding hydrogens is 442 g/mol. The molecule has 9 heteroatoms. The number of aromatic nitrogens is 2. The number of carbonyl (C=O) groups is 1. The number of benzene rings is 2. The first-order valence-electron chi connectivity index (χ1n) is 10.0. The van der Waals surface area contributed by atoms with Gasteiger partial charge >= 0.3 is 0 Å². The van der Waals surface area contributed by atoms with E-state index in [0.29, 0.717) is 17.1 Å². The van der Waals surface area contributed by atoms with Gasteiger partial charge in [0.2, 0.25) is 21.2 Å². The Labute approximate surface area is 190 Å². The Morgan fingerprint density at radius 3 is 2.39 bits per heavy atom. The van der Waals surface area contributed by atoms with Gasteiger partial charge in [-0.25, -0.2) is 13.4 Å². The van der Waals surface area contributed by atoms with E-state index in [-0.39, 0.29) is 28.4 Å². The van der Waals surface area contributed by atoms with Crippen molar-refractivity contribution in [3.05, 3.63) is 88.8 Å². The molecule has 4 aromatic rings. The van der Waals surface area contributed by atoms with Crippen molar-refractivity contribution in [1.82, 2.24) is 9.55 Å². The molecule has 33 heavy (non-hydrogen) atoms. The van der Waals surface area contributed by atoms with Gasteiger partial charge in [0, 0.05) is 17.6 Å². The minimum Gasteiger partial charge on any atom is -0.497 e. The Morgan fingerprint density at radius 2 is 1.73 bits per heavy atom. The van der Waals surface area contributed by atoms with Crippen LogP contribution in [0.5, 0.6) is 5.75 Å². The molecule has 0 saturated heterocycles. The van der Waals surface area contributed by atoms with Crippen LogP contribution in [0.25, 0.3) is 11.0 Å². The fourth-order valence-electron chi connectivity index (χ4n) is 3.40. The van der Waals surface area contributed by atoms with Gasteiger partial charge in [0.1, 0.15) is 22.8 Å². The summed E-state index contributed by atoms with van der Waals surface area (Å²) in [5, 5.41) is 2.87. The van der Waals surface area contributed by atoms with Crippen molar-refractivity contribution in [2.45, 2.75) is 23.3 Å². The van der Waals surface area contributed by atoms with Crippen molar-refractivity contribution < 1.29 is 17.9 Å². The third-order valence-electron chi connectivity index (χ3n) is 5.06. The molecule has 2 aromatic heterocycles. The summed E-state index contributed by atoms with van der Waals surface area (Å²) in [5.74, 6) is 0.101. The van der Waals surface area contributed by atoms with Gasteiger partial charge in [0.25, 0.3) is 0 Å². The molecule has 2 aromatic carbocycles. The van der Waals surface area contributed by atoms with Gasteiger partial charge in [0.15, 0.2) is 0 Å². The fraction of sp³-hybridized carbons (Fsp3) is 0.125. The molecule has 0 fully saturated rings. The van der Waals surface area contributed by atoms with E-state index in [9.17, 15) is 18.0 Å². The van der Waals surface area contributed by atoms with Crippen LogP contribution < -0.4 is 15.5 Å². The van der Waals surface area contributed by atoms with Crippen LogP contribution in [0.1, 0.15) is 5.69 Å². The number of nitrogens with one attached hydrogen (secondary N) is 1. The van der Waals surface area contributed by atoms with E-state index in [4.69, 9.17) is 4.74 Å². The highest BCUT2D eigenvalue weighted by molar-refractivity contribution is 7.91. The van der Waals surface area contributed by atoms with Crippen LogP contribution in [0.4, 0.5) is 5.69 Å². The second kappa shape index (κ2) is 8.87. The molecule has 0 radical (unpaired) electrons. The van der Waals surface area contributed by atoms with Crippen LogP contribution in [0, 0.1) is 6.92 Å². The number of anilines is 1. The zero-order valence-electron chi connectivity index (χ0n) is 18.0. The summed E-state index contributed by atoms with van der Waals surface area (Å²) in [4.78, 5) is 29.7. The number of fused-ring (bicyclic) bond motifs is 1. The average molecular weight is 464 g/mol. The lowest BCUT2D eigenvalue weighted by atomic mass is 10.2. The lowest BCUT2D eigenvalue weighted by Gasteiger charge is -2.14. The highest BCUT2D eigenvalue weighted by atomic mass is 32.2. The van der Waals surface area contributed by atoms with Gasteiger partial charge in [-0.2, -0.15) is 0 Å². The molecule has 0 unspecified atom stereocenters. The number of hydrogen-bond donors (Lipinski definition) is 1. The van der Waals surface area contributed by atoms with Crippen molar-refractivity contribution in [3.63, 3.8) is 0 Å². The summed E-state index contributed by atoms with van der Waals surface area (Å²) < 4.78 is 33.1. The van der Waals surface area contributed by atoms with Gasteiger partial charge in [-0.05, 0) is 55.5 Å². The van der Waals surface area contributed by atoms with Crippen LogP contribution in [-0.4, -0.2) is 31.0 Å². The van der Waals surface area contributed by atoms with E-state index in [1.54, 1.807) is 37.3 Å². The Bertz CT molecular complexity index is 1500. The van der Waals surface area contributed by atoms with Crippen molar-refractivity contribution >= 4 is 32.5 Å². The molecule has 0 saturated carbocycles. The summed E-state index contributed by atoms with van der Waals surface area (Å²) in [7, 11) is -2.69. The maximum atomic E-state index is 13.3. The summed E-state index contributed by atoms with van der Waals surface area (Å²) in [6, 6.07) is 17.8. The number of nitrogens with zero attached hydrogens (tertiary/aromatic N) is 2. The van der Waals surface area contributed by atoms with Crippen LogP contribution >= 0.6 is 0 Å². The highest BCUT2D eigenvalue weighted by Crippen LogP contribution is 2.23. The number of amides is 1. The van der Waals surface area contributed by atoms with Crippen molar-refractivity contribution in [2.24, 2.45) is 0 Å². The number of sulfone groups is 1. The maximum Gasteiger partial charge on any atom is 0.244 e. The molecule has 0 aliphatic heterocycles. The zero-order chi connectivity index (χ0) is 23.6. The number of hydrogen-bond acceptors (Lipinski definition) is 6. The summed E-state index contributed by atoms with van der Waals surface area (Å²) in [6.45, 7) is 1.52. The van der Waals surface area contributed by atoms with E-state index in [2.05, 4.69) is 10.3 Å². The maximum absolute atomic E-state index is 13.3. The number of pyridine rings is 2. The molecule has 1 N–H and O–H groups in total. The first-order chi connectivity index (χ1) is 15.8. The van der Waals surface area contributed by atoms with E-state index >= 15 is 0 Å². The lowest BCUT2D eigenvalue weighted by Crippen LogP contribution is -2.24. The number of methoxy groups -OCH3 is 1. The number of para-hydroxylation sites is 1. The van der Waals surface area contributed by atoms with E-state index < -0.39 is 20.2 Å². The van der Waals surface area contributed by atoms with Gasteiger partial charge in [-0.3, -0.25) is 9.59 Å². The van der Waals surface area contributed by atoms with Crippen molar-refractivity contribution in [2.75, 3.05) is 12.4 Å². The second-order valence-corrected chi connectivity index (χ2v) is 9.29. The summed E-state index contributed by atoms with van der Waals surface area (Å²) in [5.41, 5.74) is 0.790. The van der Waals surface area contributed by atoms with Crippen LogP contribution in [-0.2, 0) is 21.2 Å². The van der Waals surface area contributed by atoms with Gasteiger partial charge < -0.3 is 14.6 Å². The fourth-order valence-corrected chi connectivity index (χ4v) is 4.77. The van der Waals surface area contributed by atoms with E-state index in [0.717, 1.165) is 0 Å². The molecule has 1 amide bonds. The Hall–Kier alpha value is -3.98. The molecule has 2 heterocycles. The molecule has 0 bridgehead atoms. The van der Waals surface area contributed by atoms with Gasteiger partial charge in [-0.1, -0.05) is 18.2 Å². The number of ether oxygens (including phenoxy) is 1. The minimum absolute atomic E-state index is 0.0555. The van der Waals surface area contributed by atoms with Crippen molar-refractivity contribution in [1.29, 1.82) is 0 Å². The first kappa shape index (κ1) is 22.2. The zero-order valence-corrected chi connectivity index (χ0v) is 18.8. The van der Waals surface area contributed by atoms with Crippen molar-refractivity contribution in [3.8, 4) is 5.75 Å². The molecular formula is C24H21N3O5S. The van der Waals surface area contributed by atoms with Gasteiger partial charge in [-0.15, -0.1) is 0 Å². The number of rotatable bonds is 6. The van der Waals surface area contributed by atoms with Gasteiger partial charge in [0.05, 0.1) is 17.4 Å². The Kier molecular flexibility index (Phi) is 5.97. The summed E-state index contributed by atoms with van der Waals surface area (Å²) in [6.07, 6.45) is 1.18. The predicted octanol–water partition coefficient (Wildman–Crippen LogP) is 3.19. The standard InChI is InChI=1S/C24H21N3O5S/c1-16-8-13-20-23(29)21(33(30,31)19-11-9-18(32-2)10-12-19)14-27(24(20)25-16)15-22(28)26-17-6-4-3-5-7-17/h3-14H,15H2,1-2H3,(H,26,28). The molecule has 4 rings (SSSR count). The topological polar surface area (TPSA) is 107 Å². The average Bonchev–Trinajstić information content (AvgIpc) is 2.81. The highest BCUT2D eigenvalue weighted by Gasteiger charge is 2.25. The number of aryl methyl sites for hydroxylation is 1. The molecule has 8 nitrogen and oxygen atoms in total. The van der Waals surface area contributed by atoms with Crippen LogP contribution in [0.3, 0.4) is 0 Å². The SMILES string of the molecule is COc1ccc(S(=O)(=O)c2cn(CC(=O)Nc3ccccc3)c3nc(C)ccc3c2=O)cc1. The Balaban J connectivity index is 1.82. The molecule has 0 atom stereocenters. The predicted molar refractivity (Wildman–Crippen MR) is 124 cm³/mol. The third-order valence-corrected chi connectivity index (χ3v) is 6.82. The smallest absolute Gasteiger partial charge is 0.244 e. The van der Waals surface area contributed by atoms with Crippen LogP contribution in [0.2, 0.25) is 0 Å². The quantitative estimate of drug-likeness (QED) is 0.471. The normalized spacial score (nSPS) is 11.3. The van der Waals surface area contributed by atoms with E-state index in [1.807, 2.05) is 6.07 Å². The lowest BCUT2D eigenvalue weighted by molar-refractivity contribution is -0.116. The van der Waals surface area contributed by atoms with Crippen LogP contribution in [0.15, 0.2) is 87.5 Å². The first-order valence-corrected chi connectivity index (χ1v) is 11.5. The molecule has 0 spiro atoms. The molecule has 0 aliphatic rings. The minimum atomic E-state index is -4.16. The third kappa shape index (κ3) is 4.49. The Morgan fingerprint density at radius 1 is 1.03 bits per heavy atom.